The second kappa shape index (κ2) is 14.2. The number of carbonyl (C=O) groups is 1. The highest BCUT2D eigenvalue weighted by atomic mass is 19.1. The molecule has 1 rings (SSSR count). The van der Waals surface area contributed by atoms with E-state index in [-0.39, 0.29) is 17.6 Å². The number of carbonyl (C=O) groups excluding carboxylic acids is 1. The first kappa shape index (κ1) is 23.8. The molecule has 0 aliphatic heterocycles. The van der Waals surface area contributed by atoms with E-state index < -0.39 is 12.6 Å². The van der Waals surface area contributed by atoms with Gasteiger partial charge in [0.25, 0.3) is 0 Å². The van der Waals surface area contributed by atoms with Gasteiger partial charge in [-0.05, 0) is 48.8 Å². The number of phenolic OH excluding ortho intramolecular Hbond substituents is 1. The fourth-order valence-corrected chi connectivity index (χ4v) is 1.58. The summed E-state index contributed by atoms with van der Waals surface area (Å²) in [4.78, 5) is 11.5. The van der Waals surface area contributed by atoms with E-state index >= 15 is 0 Å². The number of alkyl halides is 1. The van der Waals surface area contributed by atoms with Crippen LogP contribution in [0.1, 0.15) is 42.3 Å². The van der Waals surface area contributed by atoms with Crippen molar-refractivity contribution in [3.8, 4) is 5.75 Å². The van der Waals surface area contributed by atoms with E-state index in [1.54, 1.807) is 19.1 Å². The number of methoxy groups -OCH3 is 1. The standard InChI is InChI=1S/C14H16O3.C3H4F2.C2H6/c1-5-6-9(2)11-7-10(3)13(15)12(8-11)14(16)17-4;4-2-1-3-5;1-2/h5-8,15H,1H2,2-4H3;1-2H,3H2;1-2H3/b9-6+;2-1+;. The minimum atomic E-state index is -0.712. The lowest BCUT2D eigenvalue weighted by Gasteiger charge is -2.09. The van der Waals surface area contributed by atoms with Gasteiger partial charge in [0.1, 0.15) is 18.0 Å². The number of hydrogen-bond donors (Lipinski definition) is 1. The second-order valence-electron chi connectivity index (χ2n) is 4.28. The van der Waals surface area contributed by atoms with Crippen molar-refractivity contribution in [2.24, 2.45) is 0 Å². The maximum absolute atomic E-state index is 11.5. The molecule has 1 N–H and O–H groups in total. The summed E-state index contributed by atoms with van der Waals surface area (Å²) in [5, 5.41) is 9.79. The van der Waals surface area contributed by atoms with E-state index in [4.69, 9.17) is 0 Å². The maximum Gasteiger partial charge on any atom is 0.341 e. The van der Waals surface area contributed by atoms with Gasteiger partial charge in [0.2, 0.25) is 0 Å². The number of allylic oxidation sites excluding steroid dienone is 4. The van der Waals surface area contributed by atoms with Crippen LogP contribution in [-0.4, -0.2) is 24.9 Å². The molecule has 0 spiro atoms. The minimum absolute atomic E-state index is 0.0352. The molecule has 0 fully saturated rings. The molecular formula is C19H26F2O3. The summed E-state index contributed by atoms with van der Waals surface area (Å²) in [6.07, 6.45) is 4.49. The van der Waals surface area contributed by atoms with Crippen molar-refractivity contribution < 1.29 is 23.4 Å². The van der Waals surface area contributed by atoms with Gasteiger partial charge in [0.05, 0.1) is 13.4 Å². The number of phenols is 1. The van der Waals surface area contributed by atoms with Crippen LogP contribution in [0.2, 0.25) is 0 Å². The summed E-state index contributed by atoms with van der Waals surface area (Å²) in [6.45, 7) is 10.6. The molecule has 0 unspecified atom stereocenters. The Balaban J connectivity index is 0. The van der Waals surface area contributed by atoms with Gasteiger partial charge in [-0.1, -0.05) is 32.6 Å². The van der Waals surface area contributed by atoms with Gasteiger partial charge in [-0.2, -0.15) is 0 Å². The van der Waals surface area contributed by atoms with Crippen molar-refractivity contribution >= 4 is 11.5 Å². The quantitative estimate of drug-likeness (QED) is 0.578. The number of esters is 1. The number of ether oxygens (including phenoxy) is 1. The van der Waals surface area contributed by atoms with Crippen LogP contribution in [0.15, 0.2) is 43.3 Å². The number of aryl methyl sites for hydroxylation is 1. The zero-order valence-corrected chi connectivity index (χ0v) is 14.9. The van der Waals surface area contributed by atoms with Gasteiger partial charge in [0.15, 0.2) is 0 Å². The molecular weight excluding hydrogens is 314 g/mol. The molecule has 0 aliphatic rings. The number of benzene rings is 1. The third-order valence-electron chi connectivity index (χ3n) is 2.71. The summed E-state index contributed by atoms with van der Waals surface area (Å²) in [5.41, 5.74) is 2.65. The predicted molar refractivity (Wildman–Crippen MR) is 95.6 cm³/mol. The molecule has 0 amide bonds. The Morgan fingerprint density at radius 2 is 1.96 bits per heavy atom. The monoisotopic (exact) mass is 340 g/mol. The molecule has 5 heteroatoms. The molecule has 0 heterocycles. The summed E-state index contributed by atoms with van der Waals surface area (Å²) in [7, 11) is 1.29. The zero-order valence-electron chi connectivity index (χ0n) is 14.9. The number of aromatic hydroxyl groups is 1. The molecule has 24 heavy (non-hydrogen) atoms. The summed E-state index contributed by atoms with van der Waals surface area (Å²) in [6, 6.07) is 3.43. The molecule has 0 radical (unpaired) electrons. The lowest BCUT2D eigenvalue weighted by molar-refractivity contribution is 0.0597. The zero-order chi connectivity index (χ0) is 19.1. The molecule has 1 aromatic rings. The van der Waals surface area contributed by atoms with Gasteiger partial charge >= 0.3 is 5.97 Å². The molecule has 0 saturated heterocycles. The fraction of sp³-hybridized carbons (Fsp3) is 0.316. The number of hydrogen-bond acceptors (Lipinski definition) is 3. The molecule has 0 saturated carbocycles. The minimum Gasteiger partial charge on any atom is -0.507 e. The lowest BCUT2D eigenvalue weighted by Crippen LogP contribution is -2.03. The summed E-state index contributed by atoms with van der Waals surface area (Å²) < 4.78 is 25.9. The van der Waals surface area contributed by atoms with Crippen LogP contribution >= 0.6 is 0 Å². The largest absolute Gasteiger partial charge is 0.507 e. The number of rotatable bonds is 4. The average Bonchev–Trinajstić information content (AvgIpc) is 2.59. The van der Waals surface area contributed by atoms with Gasteiger partial charge in [-0.25, -0.2) is 13.6 Å². The first-order valence-corrected chi connectivity index (χ1v) is 7.45. The molecule has 134 valence electrons. The highest BCUT2D eigenvalue weighted by Crippen LogP contribution is 2.27. The average molecular weight is 340 g/mol. The van der Waals surface area contributed by atoms with Gasteiger partial charge in [-0.3, -0.25) is 0 Å². The lowest BCUT2D eigenvalue weighted by atomic mass is 10.00. The Morgan fingerprint density at radius 1 is 1.38 bits per heavy atom. The highest BCUT2D eigenvalue weighted by Gasteiger charge is 2.15. The molecule has 0 atom stereocenters. The molecule has 1 aromatic carbocycles. The highest BCUT2D eigenvalue weighted by molar-refractivity contribution is 5.94. The second-order valence-corrected chi connectivity index (χ2v) is 4.28. The van der Waals surface area contributed by atoms with Crippen LogP contribution in [0.3, 0.4) is 0 Å². The van der Waals surface area contributed by atoms with Crippen molar-refractivity contribution in [1.82, 2.24) is 0 Å². The van der Waals surface area contributed by atoms with Crippen molar-refractivity contribution in [3.05, 3.63) is 60.0 Å². The van der Waals surface area contributed by atoms with Gasteiger partial charge < -0.3 is 9.84 Å². The van der Waals surface area contributed by atoms with E-state index in [1.807, 2.05) is 32.9 Å². The molecule has 3 nitrogen and oxygen atoms in total. The van der Waals surface area contributed by atoms with Crippen LogP contribution in [0.4, 0.5) is 8.78 Å². The fourth-order valence-electron chi connectivity index (χ4n) is 1.58. The van der Waals surface area contributed by atoms with Crippen molar-refractivity contribution in [2.45, 2.75) is 27.7 Å². The normalized spacial score (nSPS) is 10.2. The molecule has 0 bridgehead atoms. The first-order chi connectivity index (χ1) is 11.4. The van der Waals surface area contributed by atoms with Gasteiger partial charge in [-0.15, -0.1) is 0 Å². The smallest absolute Gasteiger partial charge is 0.341 e. The van der Waals surface area contributed by atoms with Crippen LogP contribution < -0.4 is 0 Å². The third-order valence-corrected chi connectivity index (χ3v) is 2.71. The molecule has 0 aromatic heterocycles. The Morgan fingerprint density at radius 3 is 2.33 bits per heavy atom. The topological polar surface area (TPSA) is 46.5 Å². The first-order valence-electron chi connectivity index (χ1n) is 7.45. The van der Waals surface area contributed by atoms with E-state index in [0.717, 1.165) is 17.2 Å². The third kappa shape index (κ3) is 8.27. The van der Waals surface area contributed by atoms with Crippen LogP contribution in [-0.2, 0) is 4.74 Å². The molecule has 0 aliphatic carbocycles. The van der Waals surface area contributed by atoms with E-state index in [0.29, 0.717) is 5.56 Å². The predicted octanol–water partition coefficient (Wildman–Crippen LogP) is 5.54. The Bertz CT molecular complexity index is 576. The van der Waals surface area contributed by atoms with Crippen LogP contribution in [0.5, 0.6) is 5.75 Å². The van der Waals surface area contributed by atoms with E-state index in [9.17, 15) is 18.7 Å². The maximum atomic E-state index is 11.5. The van der Waals surface area contributed by atoms with Crippen LogP contribution in [0, 0.1) is 6.92 Å². The van der Waals surface area contributed by atoms with Crippen molar-refractivity contribution in [3.63, 3.8) is 0 Å². The Hall–Kier alpha value is -2.43. The van der Waals surface area contributed by atoms with Crippen LogP contribution in [0.25, 0.3) is 5.57 Å². The Kier molecular flexibility index (Phi) is 14.1. The Labute approximate surface area is 143 Å². The summed E-state index contributed by atoms with van der Waals surface area (Å²) in [5.74, 6) is -0.578. The SMILES string of the molecule is C=C/C=C(\C)c1cc(C)c(O)c(C(=O)OC)c1.CC.F/C=C/CF. The number of halogens is 2. The summed E-state index contributed by atoms with van der Waals surface area (Å²) >= 11 is 0. The van der Waals surface area contributed by atoms with E-state index in [2.05, 4.69) is 11.3 Å². The van der Waals surface area contributed by atoms with Crippen molar-refractivity contribution in [2.75, 3.05) is 13.8 Å². The van der Waals surface area contributed by atoms with Gasteiger partial charge in [0, 0.05) is 0 Å². The van der Waals surface area contributed by atoms with E-state index in [1.165, 1.54) is 7.11 Å². The van der Waals surface area contributed by atoms with Crippen molar-refractivity contribution in [1.29, 1.82) is 0 Å².